The van der Waals surface area contributed by atoms with Gasteiger partial charge in [0.15, 0.2) is 0 Å². The van der Waals surface area contributed by atoms with Crippen molar-refractivity contribution in [3.8, 4) is 17.2 Å². The summed E-state index contributed by atoms with van der Waals surface area (Å²) in [4.78, 5) is 16.7. The van der Waals surface area contributed by atoms with Crippen LogP contribution in [0.25, 0.3) is 23.1 Å². The minimum Gasteiger partial charge on any atom is -0.497 e. The molecule has 0 fully saturated rings. The molecule has 1 aromatic heterocycles. The van der Waals surface area contributed by atoms with Gasteiger partial charge < -0.3 is 13.9 Å². The first-order valence-electron chi connectivity index (χ1n) is 8.08. The van der Waals surface area contributed by atoms with Crippen LogP contribution in [0.1, 0.15) is 16.9 Å². The van der Waals surface area contributed by atoms with Gasteiger partial charge in [-0.2, -0.15) is 0 Å². The van der Waals surface area contributed by atoms with E-state index in [0.717, 1.165) is 16.9 Å². The Bertz CT molecular complexity index is 939. The van der Waals surface area contributed by atoms with Gasteiger partial charge in [-0.15, -0.1) is 0 Å². The number of ether oxygens (including phenoxy) is 2. The molecule has 0 bridgehead atoms. The van der Waals surface area contributed by atoms with Crippen molar-refractivity contribution in [3.63, 3.8) is 0 Å². The molecular weight excluding hydrogens is 330 g/mol. The van der Waals surface area contributed by atoms with E-state index in [4.69, 9.17) is 13.9 Å². The van der Waals surface area contributed by atoms with E-state index >= 15 is 0 Å². The summed E-state index contributed by atoms with van der Waals surface area (Å²) < 4.78 is 15.8. The molecule has 0 spiro atoms. The highest BCUT2D eigenvalue weighted by molar-refractivity contribution is 6.23. The number of esters is 1. The summed E-state index contributed by atoms with van der Waals surface area (Å²) >= 11 is 0. The van der Waals surface area contributed by atoms with Crippen LogP contribution in [0.5, 0.6) is 5.75 Å². The number of rotatable bonds is 5. The van der Waals surface area contributed by atoms with Crippen molar-refractivity contribution in [1.29, 1.82) is 0 Å². The Morgan fingerprint density at radius 1 is 1.08 bits per heavy atom. The van der Waals surface area contributed by atoms with Crippen molar-refractivity contribution < 1.29 is 18.7 Å². The molecule has 0 saturated carbocycles. The van der Waals surface area contributed by atoms with Crippen LogP contribution in [0, 0.1) is 6.92 Å². The molecule has 5 heteroatoms. The summed E-state index contributed by atoms with van der Waals surface area (Å²) in [5.41, 5.74) is 2.69. The van der Waals surface area contributed by atoms with Gasteiger partial charge in [-0.25, -0.2) is 9.78 Å². The smallest absolute Gasteiger partial charge is 0.338 e. The molecule has 5 nitrogen and oxygen atoms in total. The predicted molar refractivity (Wildman–Crippen MR) is 99.6 cm³/mol. The molecule has 0 radical (unpaired) electrons. The van der Waals surface area contributed by atoms with E-state index in [0.29, 0.717) is 22.8 Å². The number of carbonyl (C=O) groups is 1. The van der Waals surface area contributed by atoms with Crippen LogP contribution in [0.15, 0.2) is 59.1 Å². The molecule has 1 heterocycles. The third kappa shape index (κ3) is 3.67. The van der Waals surface area contributed by atoms with Crippen LogP contribution in [-0.2, 0) is 9.53 Å². The van der Waals surface area contributed by atoms with E-state index in [-0.39, 0.29) is 0 Å². The second kappa shape index (κ2) is 7.70. The average molecular weight is 349 g/mol. The van der Waals surface area contributed by atoms with Gasteiger partial charge in [-0.05, 0) is 36.8 Å². The Hall–Kier alpha value is -3.34. The maximum Gasteiger partial charge on any atom is 0.338 e. The summed E-state index contributed by atoms with van der Waals surface area (Å²) in [6.07, 6.45) is 3.43. The first-order chi connectivity index (χ1) is 12.6. The number of hydrogen-bond acceptors (Lipinski definition) is 5. The lowest BCUT2D eigenvalue weighted by Crippen LogP contribution is -2.05. The Kier molecular flexibility index (Phi) is 5.17. The summed E-state index contributed by atoms with van der Waals surface area (Å²) in [5, 5.41) is 0. The molecule has 3 rings (SSSR count). The Labute approximate surface area is 151 Å². The lowest BCUT2D eigenvalue weighted by molar-refractivity contribution is -0.133. The van der Waals surface area contributed by atoms with Gasteiger partial charge in [0.1, 0.15) is 11.5 Å². The van der Waals surface area contributed by atoms with Gasteiger partial charge in [-0.3, -0.25) is 0 Å². The molecular formula is C21H19NO4. The Morgan fingerprint density at radius 2 is 1.81 bits per heavy atom. The zero-order valence-corrected chi connectivity index (χ0v) is 14.9. The number of hydrogen-bond donors (Lipinski definition) is 0. The fourth-order valence-electron chi connectivity index (χ4n) is 2.61. The zero-order valence-electron chi connectivity index (χ0n) is 14.9. The van der Waals surface area contributed by atoms with Gasteiger partial charge in [0.2, 0.25) is 5.89 Å². The number of aromatic nitrogens is 1. The molecule has 132 valence electrons. The minimum atomic E-state index is -0.434. The average Bonchev–Trinajstić information content (AvgIpc) is 3.12. The number of aryl methyl sites for hydroxylation is 1. The van der Waals surface area contributed by atoms with E-state index in [1.807, 2.05) is 55.5 Å². The molecule has 0 aliphatic heterocycles. The molecule has 0 unspecified atom stereocenters. The van der Waals surface area contributed by atoms with Crippen molar-refractivity contribution in [2.45, 2.75) is 6.92 Å². The third-order valence-electron chi connectivity index (χ3n) is 3.90. The summed E-state index contributed by atoms with van der Waals surface area (Å²) in [6.45, 7) is 1.83. The second-order valence-corrected chi connectivity index (χ2v) is 5.64. The van der Waals surface area contributed by atoms with Crippen molar-refractivity contribution in [2.24, 2.45) is 0 Å². The molecule has 26 heavy (non-hydrogen) atoms. The SMILES string of the molecule is COC(=O)C(=Cc1ccc(OC)cc1)c1ccccc1-c1ncc(C)o1. The second-order valence-electron chi connectivity index (χ2n) is 5.64. The number of oxazole rings is 1. The molecule has 0 N–H and O–H groups in total. The highest BCUT2D eigenvalue weighted by Gasteiger charge is 2.19. The number of carbonyl (C=O) groups excluding carboxylic acids is 1. The van der Waals surface area contributed by atoms with Crippen LogP contribution in [0.3, 0.4) is 0 Å². The van der Waals surface area contributed by atoms with Gasteiger partial charge in [-0.1, -0.05) is 30.3 Å². The molecule has 3 aromatic rings. The summed E-state index contributed by atoms with van der Waals surface area (Å²) in [6, 6.07) is 14.9. The molecule has 0 atom stereocenters. The van der Waals surface area contributed by atoms with Gasteiger partial charge >= 0.3 is 5.97 Å². The Balaban J connectivity index is 2.12. The number of benzene rings is 2. The maximum atomic E-state index is 12.5. The topological polar surface area (TPSA) is 61.6 Å². The quantitative estimate of drug-likeness (QED) is 0.389. The van der Waals surface area contributed by atoms with Crippen molar-refractivity contribution >= 4 is 17.6 Å². The van der Waals surface area contributed by atoms with E-state index in [9.17, 15) is 4.79 Å². The highest BCUT2D eigenvalue weighted by Crippen LogP contribution is 2.31. The van der Waals surface area contributed by atoms with E-state index in [1.54, 1.807) is 19.4 Å². The largest absolute Gasteiger partial charge is 0.497 e. The van der Waals surface area contributed by atoms with Crippen LogP contribution >= 0.6 is 0 Å². The molecule has 0 aliphatic rings. The van der Waals surface area contributed by atoms with Crippen molar-refractivity contribution in [3.05, 3.63) is 71.6 Å². The van der Waals surface area contributed by atoms with Crippen LogP contribution in [0.2, 0.25) is 0 Å². The van der Waals surface area contributed by atoms with Crippen molar-refractivity contribution in [1.82, 2.24) is 4.98 Å². The summed E-state index contributed by atoms with van der Waals surface area (Å²) in [7, 11) is 2.97. The standard InChI is InChI=1S/C21H19NO4/c1-14-13-22-20(26-14)18-7-5-4-6-17(18)19(21(23)25-3)12-15-8-10-16(24-2)11-9-15/h4-13H,1-3H3. The molecule has 0 amide bonds. The lowest BCUT2D eigenvalue weighted by atomic mass is 9.97. The van der Waals surface area contributed by atoms with Crippen molar-refractivity contribution in [2.75, 3.05) is 14.2 Å². The normalized spacial score (nSPS) is 11.3. The maximum absolute atomic E-state index is 12.5. The van der Waals surface area contributed by atoms with Gasteiger partial charge in [0.05, 0.1) is 26.0 Å². The minimum absolute atomic E-state index is 0.420. The van der Waals surface area contributed by atoms with Gasteiger partial charge in [0.25, 0.3) is 0 Å². The zero-order chi connectivity index (χ0) is 18.5. The third-order valence-corrected chi connectivity index (χ3v) is 3.90. The fraction of sp³-hybridized carbons (Fsp3) is 0.143. The van der Waals surface area contributed by atoms with Crippen LogP contribution in [-0.4, -0.2) is 25.2 Å². The number of nitrogens with zero attached hydrogens (tertiary/aromatic N) is 1. The first kappa shape index (κ1) is 17.5. The molecule has 0 aliphatic carbocycles. The summed E-state index contributed by atoms with van der Waals surface area (Å²) in [5.74, 6) is 1.48. The van der Waals surface area contributed by atoms with E-state index < -0.39 is 5.97 Å². The fourth-order valence-corrected chi connectivity index (χ4v) is 2.61. The van der Waals surface area contributed by atoms with Crippen LogP contribution in [0.4, 0.5) is 0 Å². The Morgan fingerprint density at radius 3 is 2.42 bits per heavy atom. The lowest BCUT2D eigenvalue weighted by Gasteiger charge is -2.10. The van der Waals surface area contributed by atoms with Crippen LogP contribution < -0.4 is 4.74 Å². The van der Waals surface area contributed by atoms with E-state index in [1.165, 1.54) is 7.11 Å². The first-order valence-corrected chi connectivity index (χ1v) is 8.08. The predicted octanol–water partition coefficient (Wildman–Crippen LogP) is 4.37. The highest BCUT2D eigenvalue weighted by atomic mass is 16.5. The van der Waals surface area contributed by atoms with E-state index in [2.05, 4.69) is 4.98 Å². The monoisotopic (exact) mass is 349 g/mol. The molecule has 0 saturated heterocycles. The molecule has 2 aromatic carbocycles. The number of methoxy groups -OCH3 is 2. The van der Waals surface area contributed by atoms with Gasteiger partial charge in [0, 0.05) is 11.1 Å².